The first-order chi connectivity index (χ1) is 18.8. The van der Waals surface area contributed by atoms with Crippen molar-refractivity contribution in [1.29, 1.82) is 0 Å². The van der Waals surface area contributed by atoms with E-state index >= 15 is 0 Å². The Balaban J connectivity index is 0.000000280. The van der Waals surface area contributed by atoms with Gasteiger partial charge in [0, 0.05) is 57.9 Å². The molecule has 4 rings (SSSR count). The van der Waals surface area contributed by atoms with Gasteiger partial charge in [-0.1, -0.05) is 85.8 Å². The van der Waals surface area contributed by atoms with E-state index in [-0.39, 0.29) is 14.0 Å². The van der Waals surface area contributed by atoms with Crippen molar-refractivity contribution in [1.82, 2.24) is 19.1 Å². The molecule has 0 amide bonds. The van der Waals surface area contributed by atoms with Gasteiger partial charge in [0.15, 0.2) is 0 Å². The van der Waals surface area contributed by atoms with Gasteiger partial charge in [-0.25, -0.2) is 9.97 Å². The van der Waals surface area contributed by atoms with Crippen molar-refractivity contribution < 1.29 is 14.6 Å². The van der Waals surface area contributed by atoms with E-state index in [0.29, 0.717) is 23.8 Å². The lowest BCUT2D eigenvalue weighted by Crippen LogP contribution is -2.22. The summed E-state index contributed by atoms with van der Waals surface area (Å²) in [4.78, 5) is 8.82. The van der Waals surface area contributed by atoms with Crippen LogP contribution in [0.2, 0.25) is 61.7 Å². The lowest BCUT2D eigenvalue weighted by molar-refractivity contribution is 0.0899. The molecule has 0 saturated carbocycles. The summed E-state index contributed by atoms with van der Waals surface area (Å²) in [6.07, 6.45) is 3.53. The first-order valence-electron chi connectivity index (χ1n) is 13.4. The number of fused-ring (bicyclic) bond motifs is 2. The van der Waals surface area contributed by atoms with Gasteiger partial charge in [-0.15, -0.1) is 0 Å². The van der Waals surface area contributed by atoms with Crippen LogP contribution in [0.25, 0.3) is 22.1 Å². The van der Waals surface area contributed by atoms with Crippen molar-refractivity contribution in [3.63, 3.8) is 0 Å². The molecule has 4 aromatic heterocycles. The normalized spacial score (nSPS) is 12.0. The molecule has 0 aliphatic carbocycles. The Morgan fingerprint density at radius 3 is 1.56 bits per heavy atom. The molecule has 0 aliphatic heterocycles. The summed E-state index contributed by atoms with van der Waals surface area (Å²) >= 11 is 15.9. The highest BCUT2D eigenvalue weighted by Crippen LogP contribution is 2.25. The van der Waals surface area contributed by atoms with Crippen molar-refractivity contribution in [3.05, 3.63) is 58.1 Å². The van der Waals surface area contributed by atoms with Gasteiger partial charge in [0.2, 0.25) is 0 Å². The maximum Gasteiger partial charge on any atom is 0.142 e. The standard InChI is InChI=1S/C14H20BrClN2OSi.C14H21ClN2O2Si.CH4/c1-20(2,3)5-4-19-10-18-13(16)7-12-6-11(8-15)9-17-14(12)18;1-20(2,3)5-4-19-10-17-13(15)7-12-6-11(9-18)8-16-14(12)17;/h6-7,9H,4-5,8,10H2,1-3H3;6-8,18H,4-5,9-10H2,1-3H3;1H4. The molecule has 4 aromatic rings. The van der Waals surface area contributed by atoms with E-state index in [4.69, 9.17) is 37.8 Å². The summed E-state index contributed by atoms with van der Waals surface area (Å²) in [6.45, 7) is 16.4. The second-order valence-electron chi connectivity index (χ2n) is 12.3. The summed E-state index contributed by atoms with van der Waals surface area (Å²) in [7, 11) is -2.12. The van der Waals surface area contributed by atoms with Gasteiger partial charge in [-0.05, 0) is 47.5 Å². The van der Waals surface area contributed by atoms with E-state index in [1.165, 1.54) is 0 Å². The highest BCUT2D eigenvalue weighted by Gasteiger charge is 2.15. The van der Waals surface area contributed by atoms with Gasteiger partial charge in [0.1, 0.15) is 35.1 Å². The van der Waals surface area contributed by atoms with E-state index in [2.05, 4.69) is 71.2 Å². The third-order valence-corrected chi connectivity index (χ3v) is 10.9. The lowest BCUT2D eigenvalue weighted by Gasteiger charge is -2.16. The fourth-order valence-corrected chi connectivity index (χ4v) is 6.10. The number of pyridine rings is 2. The Kier molecular flexibility index (Phi) is 14.0. The van der Waals surface area contributed by atoms with E-state index in [9.17, 15) is 0 Å². The Labute approximate surface area is 265 Å². The molecular formula is C29H45BrCl2N4O3Si2. The number of hydrogen-bond donors (Lipinski definition) is 1. The van der Waals surface area contributed by atoms with Gasteiger partial charge in [-0.3, -0.25) is 9.13 Å². The second kappa shape index (κ2) is 16.0. The van der Waals surface area contributed by atoms with E-state index < -0.39 is 16.1 Å². The largest absolute Gasteiger partial charge is 0.392 e. The van der Waals surface area contributed by atoms with Crippen LogP contribution in [-0.4, -0.2) is 53.6 Å². The monoisotopic (exact) mass is 702 g/mol. The molecule has 0 radical (unpaired) electrons. The average molecular weight is 705 g/mol. The molecule has 4 heterocycles. The fraction of sp³-hybridized carbons (Fsp3) is 0.517. The van der Waals surface area contributed by atoms with Gasteiger partial charge in [0.25, 0.3) is 0 Å². The summed E-state index contributed by atoms with van der Waals surface area (Å²) in [5.41, 5.74) is 3.60. The highest BCUT2D eigenvalue weighted by molar-refractivity contribution is 9.08. The molecule has 0 fully saturated rings. The zero-order valence-corrected chi connectivity index (χ0v) is 29.4. The van der Waals surface area contributed by atoms with Crippen molar-refractivity contribution >= 4 is 77.3 Å². The van der Waals surface area contributed by atoms with Crippen LogP contribution in [0.4, 0.5) is 0 Å². The molecule has 0 saturated heterocycles. The number of aromatic nitrogens is 4. The van der Waals surface area contributed by atoms with Gasteiger partial charge < -0.3 is 14.6 Å². The summed E-state index contributed by atoms with van der Waals surface area (Å²) in [5, 5.41) is 13.2. The average Bonchev–Trinajstić information content (AvgIpc) is 3.37. The van der Waals surface area contributed by atoms with Crippen LogP contribution in [0.1, 0.15) is 18.6 Å². The Morgan fingerprint density at radius 1 is 0.756 bits per heavy atom. The molecule has 12 heteroatoms. The number of hydrogen-bond acceptors (Lipinski definition) is 5. The van der Waals surface area contributed by atoms with Crippen molar-refractivity contribution in [3.8, 4) is 0 Å². The molecule has 0 spiro atoms. The SMILES string of the molecule is C.C[Si](C)(C)CCOCn1c(Cl)cc2cc(CBr)cnc21.C[Si](C)(C)CCOCn1c(Cl)cc2cc(CO)cnc21. The minimum absolute atomic E-state index is 0. The number of ether oxygens (including phenoxy) is 2. The Morgan fingerprint density at radius 2 is 1.17 bits per heavy atom. The van der Waals surface area contributed by atoms with Crippen LogP contribution >= 0.6 is 39.1 Å². The zero-order chi connectivity index (χ0) is 29.5. The van der Waals surface area contributed by atoms with E-state index in [0.717, 1.165) is 63.8 Å². The van der Waals surface area contributed by atoms with Crippen molar-refractivity contribution in [2.24, 2.45) is 0 Å². The molecule has 0 aromatic carbocycles. The predicted molar refractivity (Wildman–Crippen MR) is 183 cm³/mol. The Hall–Kier alpha value is -1.25. The van der Waals surface area contributed by atoms with Crippen LogP contribution in [0.5, 0.6) is 0 Å². The number of rotatable bonds is 12. The number of aliphatic hydroxyl groups is 1. The smallest absolute Gasteiger partial charge is 0.142 e. The number of alkyl halides is 1. The van der Waals surface area contributed by atoms with Crippen molar-refractivity contribution in [2.75, 3.05) is 13.2 Å². The molecule has 0 atom stereocenters. The quantitative estimate of drug-likeness (QED) is 0.0906. The first kappa shape index (κ1) is 35.9. The molecule has 0 aliphatic rings. The fourth-order valence-electron chi connectivity index (χ4n) is 3.79. The van der Waals surface area contributed by atoms with Gasteiger partial charge >= 0.3 is 0 Å². The minimum Gasteiger partial charge on any atom is -0.392 e. The third-order valence-electron chi connectivity index (χ3n) is 6.25. The maximum atomic E-state index is 9.12. The van der Waals surface area contributed by atoms with Crippen LogP contribution in [0.3, 0.4) is 0 Å². The molecule has 7 nitrogen and oxygen atoms in total. The van der Waals surface area contributed by atoms with Crippen molar-refractivity contribution in [2.45, 2.75) is 84.2 Å². The molecule has 41 heavy (non-hydrogen) atoms. The topological polar surface area (TPSA) is 74.3 Å². The number of aliphatic hydroxyl groups excluding tert-OH is 1. The molecular weight excluding hydrogens is 659 g/mol. The minimum atomic E-state index is -1.07. The summed E-state index contributed by atoms with van der Waals surface area (Å²) < 4.78 is 15.3. The lowest BCUT2D eigenvalue weighted by atomic mass is 10.2. The van der Waals surface area contributed by atoms with Gasteiger partial charge in [-0.2, -0.15) is 0 Å². The Bertz CT molecular complexity index is 1290. The molecule has 228 valence electrons. The molecule has 0 bridgehead atoms. The summed E-state index contributed by atoms with van der Waals surface area (Å²) in [6, 6.07) is 10.1. The number of nitrogens with zero attached hydrogens (tertiary/aromatic N) is 4. The maximum absolute atomic E-state index is 9.12. The predicted octanol–water partition coefficient (Wildman–Crippen LogP) is 9.03. The first-order valence-corrected chi connectivity index (χ1v) is 22.7. The highest BCUT2D eigenvalue weighted by atomic mass is 79.9. The van der Waals surface area contributed by atoms with E-state index in [1.54, 1.807) is 6.20 Å². The van der Waals surface area contributed by atoms with Crippen LogP contribution in [0, 0.1) is 0 Å². The number of halogens is 3. The summed E-state index contributed by atoms with van der Waals surface area (Å²) in [5.74, 6) is 0. The zero-order valence-electron chi connectivity index (χ0n) is 24.3. The van der Waals surface area contributed by atoms with Crippen LogP contribution in [0.15, 0.2) is 36.7 Å². The van der Waals surface area contributed by atoms with E-state index in [1.807, 2.05) is 33.5 Å². The van der Waals surface area contributed by atoms with Crippen LogP contribution in [-0.2, 0) is 34.9 Å². The second-order valence-corrected chi connectivity index (χ2v) is 24.9. The van der Waals surface area contributed by atoms with Gasteiger partial charge in [0.05, 0.1) is 6.61 Å². The third kappa shape index (κ3) is 11.1. The van der Waals surface area contributed by atoms with Crippen LogP contribution < -0.4 is 0 Å². The molecule has 0 unspecified atom stereocenters. The molecule has 1 N–H and O–H groups in total.